The number of fused-ring (bicyclic) bond motifs is 1. The van der Waals surface area contributed by atoms with Crippen molar-refractivity contribution in [3.63, 3.8) is 0 Å². The largest absolute Gasteiger partial charge is 0.493 e. The fourth-order valence-corrected chi connectivity index (χ4v) is 3.20. The number of nitrogens with zero attached hydrogens (tertiary/aromatic N) is 1. The van der Waals surface area contributed by atoms with Crippen molar-refractivity contribution in [3.8, 4) is 5.75 Å². The van der Waals surface area contributed by atoms with Crippen molar-refractivity contribution < 1.29 is 19.1 Å². The summed E-state index contributed by atoms with van der Waals surface area (Å²) in [5, 5.41) is 10.6. The fourth-order valence-electron chi connectivity index (χ4n) is 3.20. The highest BCUT2D eigenvalue weighted by atomic mass is 16.6. The average molecular weight is 307 g/mol. The second-order valence-corrected chi connectivity index (χ2v) is 6.41. The molecule has 0 bridgehead atoms. The molecule has 1 aliphatic heterocycles. The Morgan fingerprint density at radius 1 is 1.27 bits per heavy atom. The van der Waals surface area contributed by atoms with E-state index in [0.29, 0.717) is 25.6 Å². The summed E-state index contributed by atoms with van der Waals surface area (Å²) in [7, 11) is 0. The van der Waals surface area contributed by atoms with Gasteiger partial charge in [-0.2, -0.15) is 0 Å². The molecule has 0 amide bonds. The summed E-state index contributed by atoms with van der Waals surface area (Å²) in [5.74, 6) is 0.662. The predicted molar refractivity (Wildman–Crippen MR) is 80.0 cm³/mol. The number of non-ortho nitro benzene ring substituents is 1. The van der Waals surface area contributed by atoms with E-state index in [-0.39, 0.29) is 23.3 Å². The lowest BCUT2D eigenvalue weighted by Gasteiger charge is -2.44. The Morgan fingerprint density at radius 3 is 2.64 bits per heavy atom. The molecule has 1 aliphatic carbocycles. The normalized spacial score (nSPS) is 31.3. The van der Waals surface area contributed by atoms with Crippen molar-refractivity contribution in [1.29, 1.82) is 0 Å². The molecule has 0 N–H and O–H groups in total. The number of hydrogen-bond acceptors (Lipinski definition) is 5. The molecule has 1 aromatic rings. The molecule has 3 unspecified atom stereocenters. The molecular weight excluding hydrogens is 286 g/mol. The maximum atomic E-state index is 10.6. The average Bonchev–Trinajstić information content (AvgIpc) is 2.53. The highest BCUT2D eigenvalue weighted by Gasteiger charge is 2.40. The van der Waals surface area contributed by atoms with E-state index in [4.69, 9.17) is 14.2 Å². The van der Waals surface area contributed by atoms with Gasteiger partial charge in [0.1, 0.15) is 5.75 Å². The Hall–Kier alpha value is -1.66. The van der Waals surface area contributed by atoms with Crippen LogP contribution in [0.5, 0.6) is 5.75 Å². The molecule has 3 rings (SSSR count). The van der Waals surface area contributed by atoms with E-state index in [0.717, 1.165) is 19.3 Å². The molecule has 22 heavy (non-hydrogen) atoms. The SMILES string of the molecule is CC1(COc2ccc([N+](=O)[O-])cc2)CCC2OCCOC2C1. The van der Waals surface area contributed by atoms with Gasteiger partial charge in [0.2, 0.25) is 0 Å². The summed E-state index contributed by atoms with van der Waals surface area (Å²) in [5.41, 5.74) is 0.121. The minimum absolute atomic E-state index is 0.0453. The standard InChI is InChI=1S/C16H21NO5/c1-16(7-6-14-15(10-16)21-9-8-20-14)11-22-13-4-2-12(3-5-13)17(18)19/h2-5,14-15H,6-11H2,1H3. The molecular formula is C16H21NO5. The zero-order valence-electron chi connectivity index (χ0n) is 12.7. The number of ether oxygens (including phenoxy) is 3. The minimum atomic E-state index is -0.410. The van der Waals surface area contributed by atoms with Gasteiger partial charge in [-0.1, -0.05) is 6.92 Å². The first-order chi connectivity index (χ1) is 10.6. The van der Waals surface area contributed by atoms with Crippen molar-refractivity contribution in [2.24, 2.45) is 5.41 Å². The van der Waals surface area contributed by atoms with Gasteiger partial charge in [-0.25, -0.2) is 0 Å². The quantitative estimate of drug-likeness (QED) is 0.632. The third-order valence-electron chi connectivity index (χ3n) is 4.52. The molecule has 1 heterocycles. The Labute approximate surface area is 129 Å². The van der Waals surface area contributed by atoms with Crippen LogP contribution in [0.2, 0.25) is 0 Å². The summed E-state index contributed by atoms with van der Waals surface area (Å²) in [4.78, 5) is 10.2. The number of hydrogen-bond donors (Lipinski definition) is 0. The molecule has 120 valence electrons. The summed E-state index contributed by atoms with van der Waals surface area (Å²) in [6.45, 7) is 4.14. The van der Waals surface area contributed by atoms with Crippen LogP contribution in [0.1, 0.15) is 26.2 Å². The Kier molecular flexibility index (Phi) is 4.31. The van der Waals surface area contributed by atoms with Crippen molar-refractivity contribution in [2.45, 2.75) is 38.4 Å². The smallest absolute Gasteiger partial charge is 0.269 e. The number of nitro benzene ring substituents is 1. The second kappa shape index (κ2) is 6.22. The molecule has 3 atom stereocenters. The van der Waals surface area contributed by atoms with E-state index in [1.807, 2.05) is 0 Å². The van der Waals surface area contributed by atoms with E-state index >= 15 is 0 Å². The zero-order chi connectivity index (χ0) is 15.6. The molecule has 1 aromatic carbocycles. The summed E-state index contributed by atoms with van der Waals surface area (Å²) in [6, 6.07) is 6.22. The lowest BCUT2D eigenvalue weighted by atomic mass is 9.73. The monoisotopic (exact) mass is 307 g/mol. The van der Waals surface area contributed by atoms with Gasteiger partial charge in [0.05, 0.1) is 37.0 Å². The van der Waals surface area contributed by atoms with E-state index in [1.54, 1.807) is 12.1 Å². The van der Waals surface area contributed by atoms with Crippen molar-refractivity contribution in [3.05, 3.63) is 34.4 Å². The Morgan fingerprint density at radius 2 is 1.95 bits per heavy atom. The van der Waals surface area contributed by atoms with Gasteiger partial charge in [0.15, 0.2) is 0 Å². The Bertz CT molecular complexity index is 532. The van der Waals surface area contributed by atoms with Crippen LogP contribution in [0.15, 0.2) is 24.3 Å². The summed E-state index contributed by atoms with van der Waals surface area (Å²) in [6.07, 6.45) is 3.33. The van der Waals surface area contributed by atoms with Crippen LogP contribution in [0.3, 0.4) is 0 Å². The Balaban J connectivity index is 1.57. The first-order valence-corrected chi connectivity index (χ1v) is 7.66. The number of nitro groups is 1. The van der Waals surface area contributed by atoms with Gasteiger partial charge in [0, 0.05) is 17.5 Å². The topological polar surface area (TPSA) is 70.8 Å². The minimum Gasteiger partial charge on any atom is -0.493 e. The first kappa shape index (κ1) is 15.2. The fraction of sp³-hybridized carbons (Fsp3) is 0.625. The van der Waals surface area contributed by atoms with Crippen LogP contribution < -0.4 is 4.74 Å². The molecule has 1 saturated carbocycles. The van der Waals surface area contributed by atoms with E-state index in [2.05, 4.69) is 6.92 Å². The summed E-state index contributed by atoms with van der Waals surface area (Å²) >= 11 is 0. The van der Waals surface area contributed by atoms with E-state index in [9.17, 15) is 10.1 Å². The molecule has 6 nitrogen and oxygen atoms in total. The van der Waals surface area contributed by atoms with Crippen LogP contribution in [0, 0.1) is 15.5 Å². The number of benzene rings is 1. The molecule has 2 fully saturated rings. The van der Waals surface area contributed by atoms with Crippen LogP contribution >= 0.6 is 0 Å². The van der Waals surface area contributed by atoms with Crippen LogP contribution in [-0.4, -0.2) is 37.0 Å². The lowest BCUT2D eigenvalue weighted by molar-refractivity contribution is -0.384. The van der Waals surface area contributed by atoms with Gasteiger partial charge in [-0.15, -0.1) is 0 Å². The highest BCUT2D eigenvalue weighted by Crippen LogP contribution is 2.40. The van der Waals surface area contributed by atoms with Crippen molar-refractivity contribution in [2.75, 3.05) is 19.8 Å². The summed E-state index contributed by atoms with van der Waals surface area (Å²) < 4.78 is 17.4. The molecule has 0 radical (unpaired) electrons. The van der Waals surface area contributed by atoms with Crippen molar-refractivity contribution in [1.82, 2.24) is 0 Å². The molecule has 0 aromatic heterocycles. The number of rotatable bonds is 4. The predicted octanol–water partition coefficient (Wildman–Crippen LogP) is 2.95. The molecule has 1 saturated heterocycles. The van der Waals surface area contributed by atoms with Gasteiger partial charge >= 0.3 is 0 Å². The molecule has 6 heteroatoms. The third kappa shape index (κ3) is 3.39. The van der Waals surface area contributed by atoms with Gasteiger partial charge < -0.3 is 14.2 Å². The van der Waals surface area contributed by atoms with Crippen LogP contribution in [0.25, 0.3) is 0 Å². The third-order valence-corrected chi connectivity index (χ3v) is 4.52. The van der Waals surface area contributed by atoms with Crippen LogP contribution in [0.4, 0.5) is 5.69 Å². The van der Waals surface area contributed by atoms with E-state index < -0.39 is 4.92 Å². The zero-order valence-corrected chi connectivity index (χ0v) is 12.7. The van der Waals surface area contributed by atoms with Crippen LogP contribution in [-0.2, 0) is 9.47 Å². The lowest BCUT2D eigenvalue weighted by Crippen LogP contribution is -2.47. The molecule has 2 aliphatic rings. The van der Waals surface area contributed by atoms with Gasteiger partial charge in [-0.05, 0) is 31.4 Å². The van der Waals surface area contributed by atoms with Gasteiger partial charge in [-0.3, -0.25) is 10.1 Å². The highest BCUT2D eigenvalue weighted by molar-refractivity contribution is 5.36. The van der Waals surface area contributed by atoms with Crippen molar-refractivity contribution >= 4 is 5.69 Å². The maximum absolute atomic E-state index is 10.6. The first-order valence-electron chi connectivity index (χ1n) is 7.66. The molecule has 0 spiro atoms. The second-order valence-electron chi connectivity index (χ2n) is 6.41. The maximum Gasteiger partial charge on any atom is 0.269 e. The van der Waals surface area contributed by atoms with E-state index in [1.165, 1.54) is 12.1 Å². The van der Waals surface area contributed by atoms with Gasteiger partial charge in [0.25, 0.3) is 5.69 Å².